The highest BCUT2D eigenvalue weighted by atomic mass is 19.4. The summed E-state index contributed by atoms with van der Waals surface area (Å²) in [6.45, 7) is -0.0226. The van der Waals surface area contributed by atoms with E-state index in [4.69, 9.17) is 0 Å². The minimum absolute atomic E-state index is 0.0226. The van der Waals surface area contributed by atoms with Gasteiger partial charge in [-0.2, -0.15) is 13.2 Å². The molecule has 1 rings (SSSR count). The summed E-state index contributed by atoms with van der Waals surface area (Å²) in [6.07, 6.45) is -1.88. The molecule has 0 radical (unpaired) electrons. The van der Waals surface area contributed by atoms with Crippen LogP contribution in [0.5, 0.6) is 0 Å². The van der Waals surface area contributed by atoms with E-state index in [9.17, 15) is 18.3 Å². The van der Waals surface area contributed by atoms with Gasteiger partial charge in [-0.3, -0.25) is 0 Å². The first-order valence-corrected chi connectivity index (χ1v) is 5.35. The van der Waals surface area contributed by atoms with Crippen molar-refractivity contribution >= 4 is 0 Å². The van der Waals surface area contributed by atoms with Crippen LogP contribution in [0.15, 0.2) is 0 Å². The van der Waals surface area contributed by atoms with Gasteiger partial charge in [0.25, 0.3) is 0 Å². The van der Waals surface area contributed by atoms with Crippen molar-refractivity contribution in [1.29, 1.82) is 0 Å². The molecule has 5 heteroatoms. The summed E-state index contributed by atoms with van der Waals surface area (Å²) < 4.78 is 36.0. The van der Waals surface area contributed by atoms with Crippen molar-refractivity contribution in [2.24, 2.45) is 0 Å². The van der Waals surface area contributed by atoms with Gasteiger partial charge >= 0.3 is 6.18 Å². The van der Waals surface area contributed by atoms with Gasteiger partial charge in [-0.1, -0.05) is 12.8 Å². The maximum absolute atomic E-state index is 12.0. The number of hydrogen-bond acceptors (Lipinski definition) is 2. The van der Waals surface area contributed by atoms with Gasteiger partial charge in [-0.05, 0) is 19.9 Å². The SMILES string of the molecule is CN(CCC(F)(F)F)[C@H]1CCCC[C@@H]1O. The van der Waals surface area contributed by atoms with Crippen molar-refractivity contribution in [2.45, 2.75) is 50.4 Å². The van der Waals surface area contributed by atoms with Crippen LogP contribution in [0.2, 0.25) is 0 Å². The summed E-state index contributed by atoms with van der Waals surface area (Å²) in [4.78, 5) is 1.64. The number of aliphatic hydroxyl groups is 1. The van der Waals surface area contributed by atoms with Crippen LogP contribution in [0, 0.1) is 0 Å². The maximum Gasteiger partial charge on any atom is 0.390 e. The van der Waals surface area contributed by atoms with Crippen molar-refractivity contribution in [3.63, 3.8) is 0 Å². The van der Waals surface area contributed by atoms with E-state index in [0.717, 1.165) is 19.3 Å². The van der Waals surface area contributed by atoms with Gasteiger partial charge in [0.1, 0.15) is 0 Å². The summed E-state index contributed by atoms with van der Waals surface area (Å²) in [6, 6.07) is -0.0962. The zero-order valence-corrected chi connectivity index (χ0v) is 8.93. The number of rotatable bonds is 3. The van der Waals surface area contributed by atoms with Crippen LogP contribution >= 0.6 is 0 Å². The normalized spacial score (nSPS) is 28.4. The van der Waals surface area contributed by atoms with Gasteiger partial charge in [0, 0.05) is 12.6 Å². The summed E-state index contributed by atoms with van der Waals surface area (Å²) >= 11 is 0. The molecule has 1 aliphatic rings. The highest BCUT2D eigenvalue weighted by Crippen LogP contribution is 2.25. The molecule has 0 aromatic heterocycles. The number of nitrogens with zero attached hydrogens (tertiary/aromatic N) is 1. The lowest BCUT2D eigenvalue weighted by molar-refractivity contribution is -0.140. The Morgan fingerprint density at radius 3 is 2.40 bits per heavy atom. The smallest absolute Gasteiger partial charge is 0.390 e. The minimum atomic E-state index is -4.10. The Labute approximate surface area is 88.1 Å². The molecular formula is C10H18F3NO. The molecule has 2 atom stereocenters. The monoisotopic (exact) mass is 225 g/mol. The molecule has 1 saturated carbocycles. The van der Waals surface area contributed by atoms with E-state index < -0.39 is 18.7 Å². The summed E-state index contributed by atoms with van der Waals surface area (Å²) in [5.41, 5.74) is 0. The molecule has 0 amide bonds. The second-order valence-corrected chi connectivity index (χ2v) is 4.26. The number of hydrogen-bond donors (Lipinski definition) is 1. The molecule has 0 spiro atoms. The van der Waals surface area contributed by atoms with E-state index in [1.807, 2.05) is 0 Å². The molecule has 0 unspecified atom stereocenters. The first kappa shape index (κ1) is 12.8. The van der Waals surface area contributed by atoms with Gasteiger partial charge in [-0.25, -0.2) is 0 Å². The van der Waals surface area contributed by atoms with Crippen molar-refractivity contribution in [3.05, 3.63) is 0 Å². The van der Waals surface area contributed by atoms with Crippen LogP contribution in [0.4, 0.5) is 13.2 Å². The zero-order valence-electron chi connectivity index (χ0n) is 8.93. The average Bonchev–Trinajstić information content (AvgIpc) is 2.14. The Morgan fingerprint density at radius 1 is 1.27 bits per heavy atom. The first-order chi connectivity index (χ1) is 6.90. The van der Waals surface area contributed by atoms with Gasteiger partial charge in [0.05, 0.1) is 12.5 Å². The molecule has 0 saturated heterocycles. The molecule has 0 aromatic rings. The van der Waals surface area contributed by atoms with Crippen LogP contribution < -0.4 is 0 Å². The predicted molar refractivity (Wildman–Crippen MR) is 51.6 cm³/mol. The standard InChI is InChI=1S/C10H18F3NO/c1-14(7-6-10(11,12)13)8-4-2-3-5-9(8)15/h8-9,15H,2-7H2,1H3/t8-,9-/m0/s1. The Morgan fingerprint density at radius 2 is 1.87 bits per heavy atom. The summed E-state index contributed by atoms with van der Waals surface area (Å²) in [7, 11) is 1.66. The highest BCUT2D eigenvalue weighted by Gasteiger charge is 2.31. The zero-order chi connectivity index (χ0) is 11.5. The molecule has 0 heterocycles. The third kappa shape index (κ3) is 4.38. The number of halogens is 3. The van der Waals surface area contributed by atoms with Crippen LogP contribution in [-0.4, -0.2) is 41.9 Å². The second-order valence-electron chi connectivity index (χ2n) is 4.26. The second kappa shape index (κ2) is 5.16. The van der Waals surface area contributed by atoms with Gasteiger partial charge in [0.2, 0.25) is 0 Å². The molecule has 1 N–H and O–H groups in total. The van der Waals surface area contributed by atoms with Gasteiger partial charge < -0.3 is 10.0 Å². The molecule has 0 bridgehead atoms. The topological polar surface area (TPSA) is 23.5 Å². The van der Waals surface area contributed by atoms with E-state index in [2.05, 4.69) is 0 Å². The van der Waals surface area contributed by atoms with E-state index in [0.29, 0.717) is 6.42 Å². The Balaban J connectivity index is 2.35. The lowest BCUT2D eigenvalue weighted by Gasteiger charge is -2.35. The van der Waals surface area contributed by atoms with Crippen LogP contribution in [0.1, 0.15) is 32.1 Å². The fraction of sp³-hybridized carbons (Fsp3) is 1.00. The molecular weight excluding hydrogens is 207 g/mol. The molecule has 0 aromatic carbocycles. The van der Waals surface area contributed by atoms with Crippen LogP contribution in [-0.2, 0) is 0 Å². The third-order valence-electron chi connectivity index (χ3n) is 3.01. The summed E-state index contributed by atoms with van der Waals surface area (Å²) in [5, 5.41) is 9.65. The Bertz CT molecular complexity index is 196. The quantitative estimate of drug-likeness (QED) is 0.795. The Kier molecular flexibility index (Phi) is 4.40. The van der Waals surface area contributed by atoms with E-state index >= 15 is 0 Å². The fourth-order valence-electron chi connectivity index (χ4n) is 2.07. The van der Waals surface area contributed by atoms with Crippen molar-refractivity contribution in [2.75, 3.05) is 13.6 Å². The van der Waals surface area contributed by atoms with E-state index in [1.165, 1.54) is 0 Å². The predicted octanol–water partition coefficient (Wildman–Crippen LogP) is 2.17. The van der Waals surface area contributed by atoms with Gasteiger partial charge in [0.15, 0.2) is 0 Å². The van der Waals surface area contributed by atoms with E-state index in [-0.39, 0.29) is 12.6 Å². The Hall–Kier alpha value is -0.290. The number of alkyl halides is 3. The highest BCUT2D eigenvalue weighted by molar-refractivity contribution is 4.81. The number of aliphatic hydroxyl groups excluding tert-OH is 1. The fourth-order valence-corrected chi connectivity index (χ4v) is 2.07. The van der Waals surface area contributed by atoms with Crippen LogP contribution in [0.3, 0.4) is 0 Å². The van der Waals surface area contributed by atoms with E-state index in [1.54, 1.807) is 11.9 Å². The van der Waals surface area contributed by atoms with Crippen LogP contribution in [0.25, 0.3) is 0 Å². The average molecular weight is 225 g/mol. The molecule has 1 aliphatic carbocycles. The lowest BCUT2D eigenvalue weighted by atomic mass is 9.91. The largest absolute Gasteiger partial charge is 0.391 e. The first-order valence-electron chi connectivity index (χ1n) is 5.35. The third-order valence-corrected chi connectivity index (χ3v) is 3.01. The molecule has 2 nitrogen and oxygen atoms in total. The van der Waals surface area contributed by atoms with Crippen molar-refractivity contribution < 1.29 is 18.3 Å². The molecule has 0 aliphatic heterocycles. The lowest BCUT2D eigenvalue weighted by Crippen LogP contribution is -2.44. The van der Waals surface area contributed by atoms with Gasteiger partial charge in [-0.15, -0.1) is 0 Å². The molecule has 15 heavy (non-hydrogen) atoms. The minimum Gasteiger partial charge on any atom is -0.391 e. The number of likely N-dealkylation sites (N-methyl/N-ethyl adjacent to an activating group) is 1. The summed E-state index contributed by atoms with van der Waals surface area (Å²) in [5.74, 6) is 0. The molecule has 1 fully saturated rings. The van der Waals surface area contributed by atoms with Crippen molar-refractivity contribution in [3.8, 4) is 0 Å². The maximum atomic E-state index is 12.0. The van der Waals surface area contributed by atoms with Crippen molar-refractivity contribution in [1.82, 2.24) is 4.90 Å². The molecule has 90 valence electrons.